The summed E-state index contributed by atoms with van der Waals surface area (Å²) in [5.74, 6) is -0.433. The number of rotatable bonds is 5. The lowest BCUT2D eigenvalue weighted by Crippen LogP contribution is -2.39. The topological polar surface area (TPSA) is 49.4 Å². The van der Waals surface area contributed by atoms with Crippen LogP contribution in [0.4, 0.5) is 0 Å². The van der Waals surface area contributed by atoms with Crippen molar-refractivity contribution in [2.45, 2.75) is 45.1 Å². The van der Waals surface area contributed by atoms with E-state index in [0.29, 0.717) is 5.92 Å². The zero-order valence-corrected chi connectivity index (χ0v) is 12.3. The highest BCUT2D eigenvalue weighted by atomic mass is 16.5. The Morgan fingerprint density at radius 2 is 2.10 bits per heavy atom. The largest absolute Gasteiger partial charge is 0.550 e. The van der Waals surface area contributed by atoms with Gasteiger partial charge in [0.1, 0.15) is 0 Å². The van der Waals surface area contributed by atoms with Gasteiger partial charge in [-0.3, -0.25) is 0 Å². The van der Waals surface area contributed by atoms with Crippen LogP contribution in [-0.4, -0.2) is 18.2 Å². The number of carbonyl (C=O) groups excluding carboxylic acids is 1. The number of carboxylic acids is 1. The molecule has 1 aliphatic heterocycles. The Labute approximate surface area is 121 Å². The lowest BCUT2D eigenvalue weighted by atomic mass is 9.76. The molecule has 3 nitrogen and oxygen atoms in total. The van der Waals surface area contributed by atoms with Gasteiger partial charge in [0, 0.05) is 12.6 Å². The van der Waals surface area contributed by atoms with Crippen LogP contribution < -0.4 is 5.11 Å². The third kappa shape index (κ3) is 4.34. The van der Waals surface area contributed by atoms with Gasteiger partial charge >= 0.3 is 0 Å². The zero-order valence-electron chi connectivity index (χ0n) is 12.3. The number of aliphatic carboxylic acids is 1. The molecule has 1 fully saturated rings. The summed E-state index contributed by atoms with van der Waals surface area (Å²) in [5.41, 5.74) is 1.05. The van der Waals surface area contributed by atoms with Crippen LogP contribution >= 0.6 is 0 Å². The van der Waals surface area contributed by atoms with Crippen molar-refractivity contribution in [3.63, 3.8) is 0 Å². The lowest BCUT2D eigenvalue weighted by molar-refractivity contribution is -0.307. The summed E-state index contributed by atoms with van der Waals surface area (Å²) in [5, 5.41) is 11.1. The fraction of sp³-hybridized carbons (Fsp3) is 0.588. The standard InChI is InChI=1S/C17H24O3/c1-17(2)12-14(8-9-20-17)15(11-16(18)19)10-13-6-4-3-5-7-13/h3-7,14-15H,8-12H2,1-2H3,(H,18,19)/p-1/t14-,15-/m0/s1. The number of ether oxygens (including phenoxy) is 1. The molecule has 1 saturated heterocycles. The fourth-order valence-corrected chi connectivity index (χ4v) is 3.22. The van der Waals surface area contributed by atoms with E-state index in [1.165, 1.54) is 5.56 Å². The Hall–Kier alpha value is -1.35. The van der Waals surface area contributed by atoms with Crippen molar-refractivity contribution in [3.8, 4) is 0 Å². The molecule has 0 aromatic heterocycles. The van der Waals surface area contributed by atoms with E-state index in [4.69, 9.17) is 4.74 Å². The van der Waals surface area contributed by atoms with Crippen LogP contribution in [0.15, 0.2) is 30.3 Å². The summed E-state index contributed by atoms with van der Waals surface area (Å²) in [4.78, 5) is 11.1. The van der Waals surface area contributed by atoms with Gasteiger partial charge in [-0.15, -0.1) is 0 Å². The second-order valence-corrected chi connectivity index (χ2v) is 6.39. The van der Waals surface area contributed by atoms with E-state index >= 15 is 0 Å². The summed E-state index contributed by atoms with van der Waals surface area (Å²) in [6.45, 7) is 4.88. The number of hydrogen-bond donors (Lipinski definition) is 0. The van der Waals surface area contributed by atoms with Crippen molar-refractivity contribution in [2.24, 2.45) is 11.8 Å². The van der Waals surface area contributed by atoms with Crippen LogP contribution in [0.5, 0.6) is 0 Å². The average Bonchev–Trinajstić information content (AvgIpc) is 2.37. The van der Waals surface area contributed by atoms with E-state index in [1.807, 2.05) is 18.2 Å². The first-order valence-corrected chi connectivity index (χ1v) is 7.34. The lowest BCUT2D eigenvalue weighted by Gasteiger charge is -2.39. The number of hydrogen-bond acceptors (Lipinski definition) is 3. The molecule has 3 heteroatoms. The van der Waals surface area contributed by atoms with Crippen LogP contribution in [0.25, 0.3) is 0 Å². The Morgan fingerprint density at radius 3 is 2.70 bits per heavy atom. The monoisotopic (exact) mass is 275 g/mol. The maximum atomic E-state index is 11.1. The van der Waals surface area contributed by atoms with Gasteiger partial charge in [0.25, 0.3) is 0 Å². The molecule has 20 heavy (non-hydrogen) atoms. The minimum atomic E-state index is -0.949. The van der Waals surface area contributed by atoms with Crippen molar-refractivity contribution < 1.29 is 14.6 Å². The summed E-state index contributed by atoms with van der Waals surface area (Å²) < 4.78 is 5.74. The first kappa shape index (κ1) is 15.0. The van der Waals surface area contributed by atoms with E-state index in [0.717, 1.165) is 25.9 Å². The molecule has 1 aromatic carbocycles. The molecule has 2 atom stereocenters. The number of benzene rings is 1. The average molecular weight is 275 g/mol. The minimum absolute atomic E-state index is 0.130. The van der Waals surface area contributed by atoms with E-state index < -0.39 is 5.97 Å². The van der Waals surface area contributed by atoms with Crippen LogP contribution in [0, 0.1) is 11.8 Å². The van der Waals surface area contributed by atoms with Gasteiger partial charge in [0.2, 0.25) is 0 Å². The van der Waals surface area contributed by atoms with E-state index in [9.17, 15) is 9.90 Å². The Bertz CT molecular complexity index is 439. The highest BCUT2D eigenvalue weighted by molar-refractivity contribution is 5.64. The predicted molar refractivity (Wildman–Crippen MR) is 76.0 cm³/mol. The molecule has 0 aliphatic carbocycles. The first-order chi connectivity index (χ1) is 9.46. The van der Waals surface area contributed by atoms with Crippen LogP contribution in [0.1, 0.15) is 38.7 Å². The summed E-state index contributed by atoms with van der Waals surface area (Å²) in [6, 6.07) is 10.1. The number of carboxylic acid groups (broad SMARTS) is 1. The van der Waals surface area contributed by atoms with Gasteiger partial charge in [-0.05, 0) is 56.9 Å². The highest BCUT2D eigenvalue weighted by Gasteiger charge is 2.33. The SMILES string of the molecule is CC1(C)C[C@@H]([C@H](CC(=O)[O-])Cc2ccccc2)CCO1. The van der Waals surface area contributed by atoms with Crippen molar-refractivity contribution in [2.75, 3.05) is 6.61 Å². The van der Waals surface area contributed by atoms with Crippen LogP contribution in [-0.2, 0) is 16.0 Å². The van der Waals surface area contributed by atoms with Crippen molar-refractivity contribution in [1.82, 2.24) is 0 Å². The fourth-order valence-electron chi connectivity index (χ4n) is 3.22. The molecule has 1 heterocycles. The first-order valence-electron chi connectivity index (χ1n) is 7.34. The zero-order chi connectivity index (χ0) is 14.6. The van der Waals surface area contributed by atoms with Gasteiger partial charge in [0.05, 0.1) is 5.60 Å². The molecule has 2 rings (SSSR count). The quantitative estimate of drug-likeness (QED) is 0.827. The molecule has 0 bridgehead atoms. The number of carbonyl (C=O) groups is 1. The Kier molecular flexibility index (Phi) is 4.81. The molecule has 110 valence electrons. The van der Waals surface area contributed by atoms with Crippen molar-refractivity contribution in [1.29, 1.82) is 0 Å². The Morgan fingerprint density at radius 1 is 1.40 bits per heavy atom. The van der Waals surface area contributed by atoms with E-state index in [1.54, 1.807) is 0 Å². The molecule has 0 N–H and O–H groups in total. The van der Waals surface area contributed by atoms with Crippen LogP contribution in [0.3, 0.4) is 0 Å². The molecular weight excluding hydrogens is 252 g/mol. The second kappa shape index (κ2) is 6.40. The maximum absolute atomic E-state index is 11.1. The van der Waals surface area contributed by atoms with E-state index in [2.05, 4.69) is 26.0 Å². The second-order valence-electron chi connectivity index (χ2n) is 6.39. The van der Waals surface area contributed by atoms with E-state index in [-0.39, 0.29) is 17.9 Å². The van der Waals surface area contributed by atoms with Crippen LogP contribution in [0.2, 0.25) is 0 Å². The smallest absolute Gasteiger partial charge is 0.0629 e. The highest BCUT2D eigenvalue weighted by Crippen LogP contribution is 2.36. The van der Waals surface area contributed by atoms with Crippen molar-refractivity contribution >= 4 is 5.97 Å². The molecular formula is C17H23O3-. The molecule has 0 saturated carbocycles. The molecule has 0 radical (unpaired) electrons. The van der Waals surface area contributed by atoms with Gasteiger partial charge in [-0.25, -0.2) is 0 Å². The Balaban J connectivity index is 2.08. The molecule has 0 unspecified atom stereocenters. The third-order valence-corrected chi connectivity index (χ3v) is 4.17. The summed E-state index contributed by atoms with van der Waals surface area (Å²) in [7, 11) is 0. The van der Waals surface area contributed by atoms with Gasteiger partial charge in [0.15, 0.2) is 0 Å². The normalized spacial score (nSPS) is 23.2. The summed E-state index contributed by atoms with van der Waals surface area (Å²) >= 11 is 0. The minimum Gasteiger partial charge on any atom is -0.550 e. The molecule has 1 aromatic rings. The summed E-state index contributed by atoms with van der Waals surface area (Å²) in [6.07, 6.45) is 2.79. The van der Waals surface area contributed by atoms with Gasteiger partial charge in [-0.1, -0.05) is 30.3 Å². The maximum Gasteiger partial charge on any atom is 0.0629 e. The molecule has 0 spiro atoms. The molecule has 1 aliphatic rings. The predicted octanol–water partition coefficient (Wildman–Crippen LogP) is 2.19. The van der Waals surface area contributed by atoms with Crippen molar-refractivity contribution in [3.05, 3.63) is 35.9 Å². The third-order valence-electron chi connectivity index (χ3n) is 4.17. The van der Waals surface area contributed by atoms with Gasteiger partial charge in [-0.2, -0.15) is 0 Å². The van der Waals surface area contributed by atoms with Gasteiger partial charge < -0.3 is 14.6 Å². The molecule has 0 amide bonds.